The second-order valence-electron chi connectivity index (χ2n) is 8.73. The Balaban J connectivity index is 1.54. The third kappa shape index (κ3) is 6.55. The van der Waals surface area contributed by atoms with Crippen LogP contribution in [0.15, 0.2) is 59.0 Å². The van der Waals surface area contributed by atoms with E-state index in [4.69, 9.17) is 9.47 Å². The lowest BCUT2D eigenvalue weighted by molar-refractivity contribution is 0.0954. The zero-order valence-corrected chi connectivity index (χ0v) is 20.9. The van der Waals surface area contributed by atoms with Crippen LogP contribution in [0, 0.1) is 0 Å². The summed E-state index contributed by atoms with van der Waals surface area (Å²) >= 11 is 0. The number of sulfonamides is 1. The van der Waals surface area contributed by atoms with Gasteiger partial charge < -0.3 is 19.7 Å². The van der Waals surface area contributed by atoms with E-state index >= 15 is 0 Å². The normalized spacial score (nSPS) is 16.4. The summed E-state index contributed by atoms with van der Waals surface area (Å²) in [5, 5.41) is 2.98. The lowest BCUT2D eigenvalue weighted by Crippen LogP contribution is -2.37. The molecule has 0 atom stereocenters. The molecule has 0 aromatic heterocycles. The summed E-state index contributed by atoms with van der Waals surface area (Å²) in [7, 11) is -2.35. The van der Waals surface area contributed by atoms with Gasteiger partial charge in [0.2, 0.25) is 0 Å². The fourth-order valence-electron chi connectivity index (χ4n) is 4.37. The maximum absolute atomic E-state index is 13.2. The monoisotopic (exact) mass is 499 g/mol. The second-order valence-corrected chi connectivity index (χ2v) is 10.4. The summed E-state index contributed by atoms with van der Waals surface area (Å²) in [6.07, 6.45) is 7.78. The molecule has 0 unspecified atom stereocenters. The molecule has 8 nitrogen and oxygen atoms in total. The largest absolute Gasteiger partial charge is 0.497 e. The van der Waals surface area contributed by atoms with Gasteiger partial charge in [-0.15, -0.1) is 0 Å². The smallest absolute Gasteiger partial charge is 0.261 e. The fraction of sp³-hybridized carbons (Fsp3) is 0.423. The van der Waals surface area contributed by atoms with Crippen molar-refractivity contribution in [3.63, 3.8) is 0 Å². The van der Waals surface area contributed by atoms with Gasteiger partial charge in [-0.1, -0.05) is 11.6 Å². The molecule has 1 fully saturated rings. The number of amides is 1. The Morgan fingerprint density at radius 1 is 1.09 bits per heavy atom. The molecular formula is C26H33N3O5S. The number of anilines is 2. The minimum atomic E-state index is -3.88. The standard InChI is InChI=1S/C26H33N3O5S/c1-33-22-8-10-23(11-9-22)35(31,32)28-24-19-21(7-12-25(24)29-15-17-34-18-16-29)26(30)27-14-13-20-5-3-2-4-6-20/h5,7-12,19,28H,2-4,6,13-18H2,1H3,(H,27,30). The molecule has 0 saturated carbocycles. The van der Waals surface area contributed by atoms with E-state index in [1.165, 1.54) is 37.7 Å². The molecule has 188 valence electrons. The summed E-state index contributed by atoms with van der Waals surface area (Å²) in [5.41, 5.74) is 2.89. The lowest BCUT2D eigenvalue weighted by atomic mass is 9.97. The number of hydrogen-bond donors (Lipinski definition) is 2. The number of carbonyl (C=O) groups excluding carboxylic acids is 1. The van der Waals surface area contributed by atoms with Crippen LogP contribution < -0.4 is 19.7 Å². The summed E-state index contributed by atoms with van der Waals surface area (Å²) in [6.45, 7) is 2.95. The van der Waals surface area contributed by atoms with Gasteiger partial charge in [0.1, 0.15) is 5.75 Å². The van der Waals surface area contributed by atoms with Crippen molar-refractivity contribution in [3.8, 4) is 5.75 Å². The molecule has 1 heterocycles. The van der Waals surface area contributed by atoms with Crippen molar-refractivity contribution in [2.75, 3.05) is 49.6 Å². The number of nitrogens with zero attached hydrogens (tertiary/aromatic N) is 1. The number of methoxy groups -OCH3 is 1. The first-order valence-electron chi connectivity index (χ1n) is 12.1. The van der Waals surface area contributed by atoms with E-state index in [-0.39, 0.29) is 10.8 Å². The molecule has 1 aliphatic carbocycles. The second kappa shape index (κ2) is 11.6. The van der Waals surface area contributed by atoms with Gasteiger partial charge in [-0.2, -0.15) is 0 Å². The topological polar surface area (TPSA) is 97.0 Å². The third-order valence-corrected chi connectivity index (χ3v) is 7.72. The molecule has 2 aromatic rings. The molecule has 9 heteroatoms. The van der Waals surface area contributed by atoms with E-state index in [1.807, 2.05) is 0 Å². The highest BCUT2D eigenvalue weighted by Crippen LogP contribution is 2.31. The van der Waals surface area contributed by atoms with Gasteiger partial charge in [0.25, 0.3) is 15.9 Å². The van der Waals surface area contributed by atoms with Crippen LogP contribution >= 0.6 is 0 Å². The van der Waals surface area contributed by atoms with Crippen LogP contribution in [0.3, 0.4) is 0 Å². The van der Waals surface area contributed by atoms with Crippen molar-refractivity contribution in [2.45, 2.75) is 37.0 Å². The first kappa shape index (κ1) is 25.1. The number of rotatable bonds is 9. The molecule has 2 N–H and O–H groups in total. The van der Waals surface area contributed by atoms with Gasteiger partial charge in [0, 0.05) is 25.2 Å². The van der Waals surface area contributed by atoms with Crippen LogP contribution in [0.2, 0.25) is 0 Å². The van der Waals surface area contributed by atoms with Gasteiger partial charge in [-0.3, -0.25) is 9.52 Å². The highest BCUT2D eigenvalue weighted by Gasteiger charge is 2.22. The maximum atomic E-state index is 13.2. The Kier molecular flexibility index (Phi) is 8.30. The number of benzene rings is 2. The third-order valence-electron chi connectivity index (χ3n) is 6.34. The number of ether oxygens (including phenoxy) is 2. The van der Waals surface area contributed by atoms with E-state index < -0.39 is 10.0 Å². The summed E-state index contributed by atoms with van der Waals surface area (Å²) < 4.78 is 39.6. The highest BCUT2D eigenvalue weighted by molar-refractivity contribution is 7.92. The minimum Gasteiger partial charge on any atom is -0.497 e. The Morgan fingerprint density at radius 3 is 2.54 bits per heavy atom. The Hall–Kier alpha value is -3.04. The minimum absolute atomic E-state index is 0.113. The molecule has 0 spiro atoms. The first-order chi connectivity index (χ1) is 17.0. The highest BCUT2D eigenvalue weighted by atomic mass is 32.2. The van der Waals surface area contributed by atoms with Gasteiger partial charge in [-0.05, 0) is 74.6 Å². The molecule has 1 saturated heterocycles. The van der Waals surface area contributed by atoms with Crippen LogP contribution in [0.25, 0.3) is 0 Å². The zero-order chi connectivity index (χ0) is 24.7. The fourth-order valence-corrected chi connectivity index (χ4v) is 5.43. The van der Waals surface area contributed by atoms with Crippen LogP contribution in [0.5, 0.6) is 5.75 Å². The van der Waals surface area contributed by atoms with Gasteiger partial charge in [-0.25, -0.2) is 8.42 Å². The summed E-state index contributed by atoms with van der Waals surface area (Å²) in [5.74, 6) is 0.348. The number of hydrogen-bond acceptors (Lipinski definition) is 6. The molecule has 1 amide bonds. The predicted octanol–water partition coefficient (Wildman–Crippen LogP) is 3.95. The zero-order valence-electron chi connectivity index (χ0n) is 20.1. The van der Waals surface area contributed by atoms with Crippen molar-refractivity contribution in [1.82, 2.24) is 5.32 Å². The van der Waals surface area contributed by atoms with Crippen molar-refractivity contribution in [1.29, 1.82) is 0 Å². The molecule has 2 aliphatic rings. The van der Waals surface area contributed by atoms with Gasteiger partial charge in [0.05, 0.1) is 36.6 Å². The van der Waals surface area contributed by atoms with Crippen LogP contribution in [0.1, 0.15) is 42.5 Å². The number of allylic oxidation sites excluding steroid dienone is 1. The number of carbonyl (C=O) groups is 1. The SMILES string of the molecule is COc1ccc(S(=O)(=O)Nc2cc(C(=O)NCCC3=CCCCC3)ccc2N2CCOCC2)cc1. The Labute approximate surface area is 207 Å². The Bertz CT molecular complexity index is 1160. The number of morpholine rings is 1. The first-order valence-corrected chi connectivity index (χ1v) is 13.5. The van der Waals surface area contributed by atoms with E-state index in [0.717, 1.165) is 19.3 Å². The molecule has 2 aromatic carbocycles. The van der Waals surface area contributed by atoms with Crippen LogP contribution in [-0.2, 0) is 14.8 Å². The molecular weight excluding hydrogens is 466 g/mol. The summed E-state index contributed by atoms with van der Waals surface area (Å²) in [6, 6.07) is 11.3. The quantitative estimate of drug-likeness (QED) is 0.507. The van der Waals surface area contributed by atoms with E-state index in [1.54, 1.807) is 30.3 Å². The van der Waals surface area contributed by atoms with Crippen LogP contribution in [-0.4, -0.2) is 54.3 Å². The van der Waals surface area contributed by atoms with Crippen molar-refractivity contribution in [3.05, 3.63) is 59.7 Å². The van der Waals surface area contributed by atoms with E-state index in [9.17, 15) is 13.2 Å². The van der Waals surface area contributed by atoms with Crippen molar-refractivity contribution >= 4 is 27.3 Å². The van der Waals surface area contributed by atoms with Gasteiger partial charge in [0.15, 0.2) is 0 Å². The van der Waals surface area contributed by atoms with Crippen molar-refractivity contribution < 1.29 is 22.7 Å². The molecule has 0 radical (unpaired) electrons. The molecule has 4 rings (SSSR count). The molecule has 0 bridgehead atoms. The van der Waals surface area contributed by atoms with Crippen LogP contribution in [0.4, 0.5) is 11.4 Å². The lowest BCUT2D eigenvalue weighted by Gasteiger charge is -2.31. The van der Waals surface area contributed by atoms with E-state index in [2.05, 4.69) is 21.0 Å². The molecule has 1 aliphatic heterocycles. The predicted molar refractivity (Wildman–Crippen MR) is 137 cm³/mol. The van der Waals surface area contributed by atoms with Gasteiger partial charge >= 0.3 is 0 Å². The number of nitrogens with one attached hydrogen (secondary N) is 2. The van der Waals surface area contributed by atoms with Crippen molar-refractivity contribution in [2.24, 2.45) is 0 Å². The average Bonchev–Trinajstić information content (AvgIpc) is 2.89. The Morgan fingerprint density at radius 2 is 1.86 bits per heavy atom. The molecule has 35 heavy (non-hydrogen) atoms. The average molecular weight is 500 g/mol. The maximum Gasteiger partial charge on any atom is 0.261 e. The summed E-state index contributed by atoms with van der Waals surface area (Å²) in [4.78, 5) is 15.1. The van der Waals surface area contributed by atoms with E-state index in [0.29, 0.717) is 55.5 Å².